The van der Waals surface area contributed by atoms with Crippen LogP contribution in [0.5, 0.6) is 5.75 Å². The maximum atomic E-state index is 12.5. The standard InChI is InChI=1S/C23H18N2O4.C23H16N2O3/c26-20-11-10-16(15-6-2-1-3-7-15)14-19(20)24-21(27)12-13-25-22(28)17-8-4-5-9-18(17)23(25)29;26-22-17-8-4-5-9-18(17)23(27)25(22)13-12-21-24-19-14-16(10-11-20(19)28-21)15-6-2-1-3-7-15/h1-11,14,26H,12-13H2,(H,24,27);1-11,14H,12-13H2. The highest BCUT2D eigenvalue weighted by atomic mass is 16.3. The van der Waals surface area contributed by atoms with Gasteiger partial charge in [0.1, 0.15) is 11.3 Å². The third kappa shape index (κ3) is 7.41. The Kier molecular flexibility index (Phi) is 9.94. The van der Waals surface area contributed by atoms with Crippen LogP contribution in [0.15, 0.2) is 150 Å². The largest absolute Gasteiger partial charge is 0.506 e. The molecule has 280 valence electrons. The second kappa shape index (κ2) is 15.6. The van der Waals surface area contributed by atoms with Gasteiger partial charge in [0, 0.05) is 25.9 Å². The molecule has 57 heavy (non-hydrogen) atoms. The monoisotopic (exact) mass is 754 g/mol. The third-order valence-corrected chi connectivity index (χ3v) is 9.78. The minimum absolute atomic E-state index is 0.0304. The number of aromatic nitrogens is 1. The Balaban J connectivity index is 0.000000160. The van der Waals surface area contributed by atoms with Gasteiger partial charge in [-0.1, -0.05) is 97.1 Å². The van der Waals surface area contributed by atoms with E-state index in [9.17, 15) is 29.1 Å². The van der Waals surface area contributed by atoms with Gasteiger partial charge in [0.2, 0.25) is 5.91 Å². The molecule has 0 atom stereocenters. The molecule has 0 saturated heterocycles. The predicted octanol–water partition coefficient (Wildman–Crippen LogP) is 8.02. The van der Waals surface area contributed by atoms with Crippen LogP contribution in [0.25, 0.3) is 33.4 Å². The first-order valence-corrected chi connectivity index (χ1v) is 18.3. The summed E-state index contributed by atoms with van der Waals surface area (Å²) in [6.07, 6.45) is 0.307. The molecule has 0 fully saturated rings. The number of hydrogen-bond donors (Lipinski definition) is 2. The summed E-state index contributed by atoms with van der Waals surface area (Å²) in [6.45, 7) is 0.210. The molecule has 11 nitrogen and oxygen atoms in total. The molecule has 0 aliphatic carbocycles. The van der Waals surface area contributed by atoms with Gasteiger partial charge >= 0.3 is 0 Å². The zero-order chi connectivity index (χ0) is 39.5. The van der Waals surface area contributed by atoms with Gasteiger partial charge in [-0.2, -0.15) is 0 Å². The summed E-state index contributed by atoms with van der Waals surface area (Å²) in [4.78, 5) is 68.9. The molecule has 2 aliphatic rings. The molecule has 7 aromatic rings. The molecule has 1 aromatic heterocycles. The summed E-state index contributed by atoms with van der Waals surface area (Å²) in [5.74, 6) is -1.26. The van der Waals surface area contributed by atoms with Gasteiger partial charge in [-0.15, -0.1) is 0 Å². The number of benzene rings is 6. The minimum Gasteiger partial charge on any atom is -0.506 e. The van der Waals surface area contributed by atoms with Crippen molar-refractivity contribution in [1.29, 1.82) is 0 Å². The number of hydrogen-bond acceptors (Lipinski definition) is 8. The van der Waals surface area contributed by atoms with E-state index in [2.05, 4.69) is 10.3 Å². The van der Waals surface area contributed by atoms with E-state index < -0.39 is 17.7 Å². The van der Waals surface area contributed by atoms with Gasteiger partial charge in [-0.25, -0.2) is 4.98 Å². The summed E-state index contributed by atoms with van der Waals surface area (Å²) in [5.41, 5.74) is 7.32. The summed E-state index contributed by atoms with van der Waals surface area (Å²) in [5, 5.41) is 12.7. The van der Waals surface area contributed by atoms with Crippen LogP contribution in [-0.2, 0) is 11.2 Å². The molecule has 0 unspecified atom stereocenters. The highest BCUT2D eigenvalue weighted by Crippen LogP contribution is 2.31. The zero-order valence-corrected chi connectivity index (χ0v) is 30.4. The predicted molar refractivity (Wildman–Crippen MR) is 214 cm³/mol. The second-order valence-electron chi connectivity index (χ2n) is 13.4. The topological polar surface area (TPSA) is 150 Å². The van der Waals surface area contributed by atoms with Crippen molar-refractivity contribution >= 4 is 46.3 Å². The van der Waals surface area contributed by atoms with Gasteiger partial charge in [0.05, 0.1) is 27.9 Å². The van der Waals surface area contributed by atoms with Gasteiger partial charge < -0.3 is 14.8 Å². The molecule has 0 spiro atoms. The van der Waals surface area contributed by atoms with E-state index >= 15 is 0 Å². The average molecular weight is 755 g/mol. The summed E-state index contributed by atoms with van der Waals surface area (Å²) < 4.78 is 5.81. The lowest BCUT2D eigenvalue weighted by Crippen LogP contribution is -2.32. The fourth-order valence-electron chi connectivity index (χ4n) is 6.86. The Morgan fingerprint density at radius 1 is 0.561 bits per heavy atom. The van der Waals surface area contributed by atoms with Crippen molar-refractivity contribution < 1.29 is 33.5 Å². The number of aromatic hydroxyl groups is 1. The fourth-order valence-corrected chi connectivity index (χ4v) is 6.86. The number of carbonyl (C=O) groups excluding carboxylic acids is 5. The number of rotatable bonds is 9. The number of imide groups is 2. The molecule has 6 aromatic carbocycles. The maximum absolute atomic E-state index is 12.5. The number of carbonyl (C=O) groups is 5. The van der Waals surface area contributed by atoms with Crippen LogP contribution < -0.4 is 5.32 Å². The fraction of sp³-hybridized carbons (Fsp3) is 0.0870. The molecule has 9 rings (SSSR count). The van der Waals surface area contributed by atoms with Crippen molar-refractivity contribution in [2.45, 2.75) is 12.8 Å². The first-order chi connectivity index (χ1) is 27.7. The summed E-state index contributed by atoms with van der Waals surface area (Å²) in [7, 11) is 0. The molecule has 11 heteroatoms. The number of phenolic OH excluding ortho intramolecular Hbond substituents is 1. The first kappa shape index (κ1) is 36.3. The normalized spacial score (nSPS) is 13.1. The molecule has 5 amide bonds. The Hall–Kier alpha value is -7.66. The molecule has 0 bridgehead atoms. The van der Waals surface area contributed by atoms with Gasteiger partial charge in [-0.3, -0.25) is 33.8 Å². The van der Waals surface area contributed by atoms with E-state index in [1.807, 2.05) is 78.9 Å². The number of amides is 5. The first-order valence-electron chi connectivity index (χ1n) is 18.3. The van der Waals surface area contributed by atoms with Gasteiger partial charge in [0.15, 0.2) is 11.5 Å². The Morgan fingerprint density at radius 3 is 1.58 bits per heavy atom. The van der Waals surface area contributed by atoms with E-state index in [0.717, 1.165) is 32.7 Å². The lowest BCUT2D eigenvalue weighted by molar-refractivity contribution is -0.116. The number of nitrogens with one attached hydrogen (secondary N) is 1. The van der Waals surface area contributed by atoms with Crippen LogP contribution in [0.1, 0.15) is 53.7 Å². The van der Waals surface area contributed by atoms with Crippen LogP contribution in [0.4, 0.5) is 5.69 Å². The minimum atomic E-state index is -0.401. The van der Waals surface area contributed by atoms with Crippen LogP contribution in [0, 0.1) is 0 Å². The van der Waals surface area contributed by atoms with Crippen LogP contribution in [-0.4, -0.2) is 62.5 Å². The number of anilines is 1. The number of oxazole rings is 1. The average Bonchev–Trinajstić information content (AvgIpc) is 3.85. The van der Waals surface area contributed by atoms with Crippen molar-refractivity contribution in [1.82, 2.24) is 14.8 Å². The van der Waals surface area contributed by atoms with Gasteiger partial charge in [0.25, 0.3) is 23.6 Å². The molecule has 3 heterocycles. The molecule has 2 N–H and O–H groups in total. The third-order valence-electron chi connectivity index (χ3n) is 9.78. The molecular weight excluding hydrogens is 721 g/mol. The van der Waals surface area contributed by atoms with E-state index in [-0.39, 0.29) is 42.8 Å². The second-order valence-corrected chi connectivity index (χ2v) is 13.4. The highest BCUT2D eigenvalue weighted by molar-refractivity contribution is 6.22. The van der Waals surface area contributed by atoms with E-state index in [4.69, 9.17) is 4.42 Å². The van der Waals surface area contributed by atoms with Crippen molar-refractivity contribution in [3.05, 3.63) is 174 Å². The molecular formula is C46H34N4O7. The number of phenols is 1. The van der Waals surface area contributed by atoms with Crippen molar-refractivity contribution in [3.8, 4) is 28.0 Å². The lowest BCUT2D eigenvalue weighted by Gasteiger charge is -2.14. The summed E-state index contributed by atoms with van der Waals surface area (Å²) >= 11 is 0. The van der Waals surface area contributed by atoms with Crippen molar-refractivity contribution in [3.63, 3.8) is 0 Å². The van der Waals surface area contributed by atoms with Crippen molar-refractivity contribution in [2.24, 2.45) is 0 Å². The van der Waals surface area contributed by atoms with Gasteiger partial charge in [-0.05, 0) is 70.8 Å². The van der Waals surface area contributed by atoms with Crippen LogP contribution in [0.3, 0.4) is 0 Å². The van der Waals surface area contributed by atoms with Crippen LogP contribution >= 0.6 is 0 Å². The zero-order valence-electron chi connectivity index (χ0n) is 30.4. The molecule has 0 saturated carbocycles. The molecule has 0 radical (unpaired) electrons. The SMILES string of the molecule is O=C(CCN1C(=O)c2ccccc2C1=O)Nc1cc(-c2ccccc2)ccc1O.O=C1c2ccccc2C(=O)N1CCc1nc2cc(-c3ccccc3)ccc2o1. The Bertz CT molecular complexity index is 2620. The maximum Gasteiger partial charge on any atom is 0.261 e. The van der Waals surface area contributed by atoms with E-state index in [1.54, 1.807) is 60.7 Å². The Morgan fingerprint density at radius 2 is 1.04 bits per heavy atom. The Labute approximate surface area is 326 Å². The highest BCUT2D eigenvalue weighted by Gasteiger charge is 2.36. The van der Waals surface area contributed by atoms with E-state index in [1.165, 1.54) is 11.0 Å². The van der Waals surface area contributed by atoms with Crippen molar-refractivity contribution in [2.75, 3.05) is 18.4 Å². The smallest absolute Gasteiger partial charge is 0.261 e. The summed E-state index contributed by atoms with van der Waals surface area (Å²) in [6, 6.07) is 44.0. The van der Waals surface area contributed by atoms with Crippen LogP contribution in [0.2, 0.25) is 0 Å². The number of nitrogens with zero attached hydrogens (tertiary/aromatic N) is 3. The van der Waals surface area contributed by atoms with E-state index in [0.29, 0.717) is 40.1 Å². The number of fused-ring (bicyclic) bond motifs is 3. The molecule has 2 aliphatic heterocycles. The quantitative estimate of drug-likeness (QED) is 0.111. The lowest BCUT2D eigenvalue weighted by atomic mass is 10.0.